The molecule has 1 amide bonds. The largest absolute Gasteiger partial charge is 0.305 e. The van der Waals surface area contributed by atoms with E-state index in [9.17, 15) is 4.79 Å². The van der Waals surface area contributed by atoms with E-state index in [4.69, 9.17) is 11.6 Å². The molecule has 0 spiro atoms. The normalized spacial score (nSPS) is 10.0. The van der Waals surface area contributed by atoms with Crippen molar-refractivity contribution in [2.75, 3.05) is 5.32 Å². The van der Waals surface area contributed by atoms with Gasteiger partial charge in [-0.25, -0.2) is 9.97 Å². The molecule has 17 heavy (non-hydrogen) atoms. The first kappa shape index (κ1) is 12.0. The van der Waals surface area contributed by atoms with E-state index in [0.717, 1.165) is 0 Å². The molecule has 0 bridgehead atoms. The molecule has 0 aliphatic rings. The molecule has 2 rings (SSSR count). The highest BCUT2D eigenvalue weighted by Gasteiger charge is 2.10. The number of anilines is 1. The van der Waals surface area contributed by atoms with Gasteiger partial charge in [-0.15, -0.1) is 0 Å². The van der Waals surface area contributed by atoms with Crippen molar-refractivity contribution >= 4 is 39.3 Å². The topological polar surface area (TPSA) is 54.9 Å². The Morgan fingerprint density at radius 3 is 2.65 bits per heavy atom. The third-order valence-electron chi connectivity index (χ3n) is 1.98. The number of amides is 1. The van der Waals surface area contributed by atoms with Gasteiger partial charge in [-0.2, -0.15) is 0 Å². The molecule has 1 N–H and O–H groups in total. The lowest BCUT2D eigenvalue weighted by atomic mass is 10.2. The molecule has 4 nitrogen and oxygen atoms in total. The maximum Gasteiger partial charge on any atom is 0.258 e. The minimum Gasteiger partial charge on any atom is -0.305 e. The van der Waals surface area contributed by atoms with E-state index in [1.54, 1.807) is 24.3 Å². The van der Waals surface area contributed by atoms with Crippen LogP contribution in [0.3, 0.4) is 0 Å². The van der Waals surface area contributed by atoms with Gasteiger partial charge in [0.2, 0.25) is 0 Å². The standard InChI is InChI=1S/C11H7BrClN3O/c12-9-5-15-10(6-14-9)16-11(17)7-3-1-2-4-8(7)13/h1-6H,(H,15,16,17). The number of benzene rings is 1. The first-order valence-electron chi connectivity index (χ1n) is 4.70. The van der Waals surface area contributed by atoms with Crippen LogP contribution in [0.5, 0.6) is 0 Å². The lowest BCUT2D eigenvalue weighted by molar-refractivity contribution is 0.102. The maximum atomic E-state index is 11.8. The molecule has 0 unspecified atom stereocenters. The Labute approximate surface area is 111 Å². The van der Waals surface area contributed by atoms with Gasteiger partial charge in [-0.1, -0.05) is 23.7 Å². The van der Waals surface area contributed by atoms with Crippen LogP contribution in [0.15, 0.2) is 41.3 Å². The van der Waals surface area contributed by atoms with Gasteiger partial charge in [0.25, 0.3) is 5.91 Å². The van der Waals surface area contributed by atoms with Crippen LogP contribution in [0.2, 0.25) is 5.02 Å². The van der Waals surface area contributed by atoms with Crippen LogP contribution >= 0.6 is 27.5 Å². The van der Waals surface area contributed by atoms with Crippen molar-refractivity contribution in [3.05, 3.63) is 51.8 Å². The summed E-state index contributed by atoms with van der Waals surface area (Å²) in [5, 5.41) is 3.01. The van der Waals surface area contributed by atoms with E-state index in [1.165, 1.54) is 12.4 Å². The fourth-order valence-corrected chi connectivity index (χ4v) is 1.63. The Bertz CT molecular complexity index is 545. The van der Waals surface area contributed by atoms with Crippen molar-refractivity contribution in [1.29, 1.82) is 0 Å². The summed E-state index contributed by atoms with van der Waals surface area (Å²) in [6.07, 6.45) is 2.96. The lowest BCUT2D eigenvalue weighted by Crippen LogP contribution is -2.13. The number of carbonyl (C=O) groups excluding carboxylic acids is 1. The second kappa shape index (κ2) is 5.25. The van der Waals surface area contributed by atoms with Crippen LogP contribution in [-0.4, -0.2) is 15.9 Å². The van der Waals surface area contributed by atoms with E-state index >= 15 is 0 Å². The number of hydrogen-bond acceptors (Lipinski definition) is 3. The molecule has 2 aromatic rings. The molecule has 0 aliphatic heterocycles. The van der Waals surface area contributed by atoms with Crippen LogP contribution in [0.4, 0.5) is 5.82 Å². The summed E-state index contributed by atoms with van der Waals surface area (Å²) in [5.74, 6) is 0.0605. The first-order valence-corrected chi connectivity index (χ1v) is 5.87. The summed E-state index contributed by atoms with van der Waals surface area (Å²) in [5.41, 5.74) is 0.402. The monoisotopic (exact) mass is 311 g/mol. The third kappa shape index (κ3) is 3.01. The minimum absolute atomic E-state index is 0.313. The van der Waals surface area contributed by atoms with Crippen LogP contribution in [0.25, 0.3) is 0 Å². The van der Waals surface area contributed by atoms with Gasteiger partial charge < -0.3 is 5.32 Å². The Balaban J connectivity index is 2.17. The zero-order valence-electron chi connectivity index (χ0n) is 8.52. The van der Waals surface area contributed by atoms with E-state index in [-0.39, 0.29) is 5.91 Å². The Morgan fingerprint density at radius 1 is 1.24 bits per heavy atom. The molecule has 6 heteroatoms. The van der Waals surface area contributed by atoms with E-state index in [2.05, 4.69) is 31.2 Å². The summed E-state index contributed by atoms with van der Waals surface area (Å²) in [7, 11) is 0. The van der Waals surface area contributed by atoms with Gasteiger partial charge in [-0.3, -0.25) is 4.79 Å². The average Bonchev–Trinajstić information content (AvgIpc) is 2.32. The highest BCUT2D eigenvalue weighted by atomic mass is 79.9. The SMILES string of the molecule is O=C(Nc1cnc(Br)cn1)c1ccccc1Cl. The van der Waals surface area contributed by atoms with Crippen molar-refractivity contribution in [3.63, 3.8) is 0 Å². The predicted octanol–water partition coefficient (Wildman–Crippen LogP) is 3.14. The molecule has 0 atom stereocenters. The Morgan fingerprint density at radius 2 is 2.00 bits per heavy atom. The van der Waals surface area contributed by atoms with Gasteiger partial charge in [0.05, 0.1) is 23.0 Å². The van der Waals surface area contributed by atoms with Crippen LogP contribution in [0, 0.1) is 0 Å². The zero-order valence-corrected chi connectivity index (χ0v) is 10.9. The quantitative estimate of drug-likeness (QED) is 0.927. The smallest absolute Gasteiger partial charge is 0.258 e. The van der Waals surface area contributed by atoms with Gasteiger partial charge >= 0.3 is 0 Å². The fraction of sp³-hybridized carbons (Fsp3) is 0. The molecule has 0 fully saturated rings. The number of aromatic nitrogens is 2. The predicted molar refractivity (Wildman–Crippen MR) is 69.1 cm³/mol. The third-order valence-corrected chi connectivity index (χ3v) is 2.72. The van der Waals surface area contributed by atoms with Crippen molar-refractivity contribution < 1.29 is 4.79 Å². The van der Waals surface area contributed by atoms with E-state index in [1.807, 2.05) is 0 Å². The molecule has 1 heterocycles. The number of nitrogens with zero attached hydrogens (tertiary/aromatic N) is 2. The van der Waals surface area contributed by atoms with E-state index in [0.29, 0.717) is 21.0 Å². The molecular weight excluding hydrogens is 305 g/mol. The highest BCUT2D eigenvalue weighted by Crippen LogP contribution is 2.16. The van der Waals surface area contributed by atoms with Gasteiger partial charge in [-0.05, 0) is 28.1 Å². The zero-order chi connectivity index (χ0) is 12.3. The molecule has 1 aromatic heterocycles. The molecule has 86 valence electrons. The highest BCUT2D eigenvalue weighted by molar-refractivity contribution is 9.10. The van der Waals surface area contributed by atoms with Crippen molar-refractivity contribution in [1.82, 2.24) is 9.97 Å². The molecular formula is C11H7BrClN3O. The van der Waals surface area contributed by atoms with Gasteiger partial charge in [0, 0.05) is 0 Å². The number of carbonyl (C=O) groups is 1. The van der Waals surface area contributed by atoms with Crippen LogP contribution in [-0.2, 0) is 0 Å². The number of rotatable bonds is 2. The molecule has 0 saturated heterocycles. The van der Waals surface area contributed by atoms with Gasteiger partial charge in [0.1, 0.15) is 4.60 Å². The molecule has 1 aromatic carbocycles. The first-order chi connectivity index (χ1) is 8.16. The molecule has 0 aliphatic carbocycles. The lowest BCUT2D eigenvalue weighted by Gasteiger charge is -2.05. The number of nitrogens with one attached hydrogen (secondary N) is 1. The summed E-state index contributed by atoms with van der Waals surface area (Å²) in [6.45, 7) is 0. The minimum atomic E-state index is -0.313. The fourth-order valence-electron chi connectivity index (χ4n) is 1.21. The van der Waals surface area contributed by atoms with Crippen LogP contribution in [0.1, 0.15) is 10.4 Å². The summed E-state index contributed by atoms with van der Waals surface area (Å²) < 4.78 is 0.605. The summed E-state index contributed by atoms with van der Waals surface area (Å²) in [4.78, 5) is 19.8. The number of hydrogen-bond donors (Lipinski definition) is 1. The van der Waals surface area contributed by atoms with Crippen molar-refractivity contribution in [2.24, 2.45) is 0 Å². The summed E-state index contributed by atoms with van der Waals surface area (Å²) in [6, 6.07) is 6.81. The second-order valence-electron chi connectivity index (χ2n) is 3.16. The van der Waals surface area contributed by atoms with Crippen LogP contribution < -0.4 is 5.32 Å². The molecule has 0 saturated carbocycles. The molecule has 0 radical (unpaired) electrons. The van der Waals surface area contributed by atoms with Crippen molar-refractivity contribution in [3.8, 4) is 0 Å². The second-order valence-corrected chi connectivity index (χ2v) is 4.38. The van der Waals surface area contributed by atoms with E-state index < -0.39 is 0 Å². The maximum absolute atomic E-state index is 11.8. The van der Waals surface area contributed by atoms with Crippen molar-refractivity contribution in [2.45, 2.75) is 0 Å². The number of halogens is 2. The van der Waals surface area contributed by atoms with Gasteiger partial charge in [0.15, 0.2) is 5.82 Å². The average molecular weight is 313 g/mol. The Kier molecular flexibility index (Phi) is 3.71. The Hall–Kier alpha value is -1.46. The summed E-state index contributed by atoms with van der Waals surface area (Å²) >= 11 is 9.07.